The molecule has 0 unspecified atom stereocenters. The first-order valence-corrected chi connectivity index (χ1v) is 37.9. The van der Waals surface area contributed by atoms with E-state index in [0.29, 0.717) is 11.8 Å². The zero-order valence-electron chi connectivity index (χ0n) is 64.6. The number of hydrogen-bond acceptors (Lipinski definition) is 2. The Kier molecular flexibility index (Phi) is 17.3. The van der Waals surface area contributed by atoms with E-state index in [9.17, 15) is 0 Å². The second-order valence-electron chi connectivity index (χ2n) is 34.9. The van der Waals surface area contributed by atoms with Crippen LogP contribution in [0.3, 0.4) is 0 Å². The van der Waals surface area contributed by atoms with Gasteiger partial charge >= 0.3 is 0 Å². The van der Waals surface area contributed by atoms with Gasteiger partial charge in [0, 0.05) is 66.0 Å². The number of nitrogens with zero attached hydrogens (tertiary/aromatic N) is 2. The maximum Gasteiger partial charge on any atom is 0.0620 e. The molecule has 2 aliphatic carbocycles. The average Bonchev–Trinajstić information content (AvgIpc) is 0.699. The lowest BCUT2D eigenvalue weighted by Crippen LogP contribution is -2.30. The highest BCUT2D eigenvalue weighted by Gasteiger charge is 2.39. The molecule has 0 amide bonds. The fraction of sp³-hybridized carbons (Fsp3) is 0.255. The Labute approximate surface area is 619 Å². The first-order valence-electron chi connectivity index (χ1n) is 37.9. The third-order valence-electron chi connectivity index (χ3n) is 23.0. The summed E-state index contributed by atoms with van der Waals surface area (Å²) in [6.45, 7) is 42.2. The topological polar surface area (TPSA) is 6.48 Å². The maximum atomic E-state index is 2.60. The van der Waals surface area contributed by atoms with Gasteiger partial charge in [-0.3, -0.25) is 0 Å². The highest BCUT2D eigenvalue weighted by atomic mass is 15.2. The number of allylic oxidation sites excluding steroid dienone is 4. The molecule has 0 fully saturated rings. The summed E-state index contributed by atoms with van der Waals surface area (Å²) in [5, 5.41) is 15.2. The van der Waals surface area contributed by atoms with Crippen LogP contribution in [0.5, 0.6) is 0 Å². The second kappa shape index (κ2) is 25.8. The summed E-state index contributed by atoms with van der Waals surface area (Å²) in [7, 11) is 0. The van der Waals surface area contributed by atoms with Crippen LogP contribution in [0.4, 0.5) is 34.1 Å². The summed E-state index contributed by atoms with van der Waals surface area (Å²) in [6, 6.07) is 96.7. The molecule has 0 radical (unpaired) electrons. The minimum absolute atomic E-state index is 0.0150. The van der Waals surface area contributed by atoms with E-state index >= 15 is 0 Å². The van der Waals surface area contributed by atoms with Crippen molar-refractivity contribution in [2.45, 2.75) is 169 Å². The van der Waals surface area contributed by atoms with Crippen molar-refractivity contribution in [1.82, 2.24) is 0 Å². The van der Waals surface area contributed by atoms with Crippen LogP contribution in [0.2, 0.25) is 0 Å². The predicted molar refractivity (Wildman–Crippen MR) is 454 cm³/mol. The Morgan fingerprint density at radius 3 is 0.769 bits per heavy atom. The molecule has 520 valence electrons. The van der Waals surface area contributed by atoms with Gasteiger partial charge in [0.15, 0.2) is 0 Å². The van der Waals surface area contributed by atoms with Crippen molar-refractivity contribution in [2.24, 2.45) is 0 Å². The highest BCUT2D eigenvalue weighted by molar-refractivity contribution is 6.25. The molecule has 0 bridgehead atoms. The van der Waals surface area contributed by atoms with Gasteiger partial charge in [-0.15, -0.1) is 0 Å². The second-order valence-corrected chi connectivity index (χ2v) is 34.9. The van der Waals surface area contributed by atoms with Crippen LogP contribution >= 0.6 is 0 Å². The Bertz CT molecular complexity index is 5200. The molecular weight excluding hydrogens is 1250 g/mol. The highest BCUT2D eigenvalue weighted by Crippen LogP contribution is 2.57. The Morgan fingerprint density at radius 2 is 0.510 bits per heavy atom. The average molecular weight is 1360 g/mol. The smallest absolute Gasteiger partial charge is 0.0620 e. The Morgan fingerprint density at radius 1 is 0.260 bits per heavy atom. The summed E-state index contributed by atoms with van der Waals surface area (Å²) < 4.78 is 0. The van der Waals surface area contributed by atoms with Crippen LogP contribution in [-0.4, -0.2) is 0 Å². The van der Waals surface area contributed by atoms with Gasteiger partial charge in [0.05, 0.1) is 11.4 Å². The zero-order valence-corrected chi connectivity index (χ0v) is 64.6. The molecule has 0 N–H and O–H groups in total. The number of fused-ring (bicyclic) bond motifs is 8. The molecule has 104 heavy (non-hydrogen) atoms. The van der Waals surface area contributed by atoms with Gasteiger partial charge in [0.25, 0.3) is 0 Å². The Hall–Kier alpha value is -10.3. The normalized spacial score (nSPS) is 15.0. The largest absolute Gasteiger partial charge is 0.309 e. The van der Waals surface area contributed by atoms with Gasteiger partial charge in [0.1, 0.15) is 0 Å². The van der Waals surface area contributed by atoms with Crippen LogP contribution < -0.4 is 9.80 Å². The van der Waals surface area contributed by atoms with Crippen LogP contribution in [0.1, 0.15) is 181 Å². The molecule has 2 heteroatoms. The van der Waals surface area contributed by atoms with E-state index in [-0.39, 0.29) is 32.5 Å². The zero-order chi connectivity index (χ0) is 73.2. The summed E-state index contributed by atoms with van der Waals surface area (Å²) in [4.78, 5) is 5.19. The lowest BCUT2D eigenvalue weighted by Gasteiger charge is -2.40. The van der Waals surface area contributed by atoms with Gasteiger partial charge in [-0.1, -0.05) is 319 Å². The Balaban J connectivity index is 0.000000211. The standard InChI is InChI=1S/C68H80N2.C34H22/c1-43(2)45-19-27-49(28-20-45)69(51-31-23-47(24-32-51)63(5,6)7)61-53-39-57-59(67(15,16)37-35-65(57,11)12)41-55(53)62(56-42-60-58(40-54(56)61)66(13,14)36-38-68(60,17)18)70(50-29-21-46(22-30-50)44(3)4)52-33-25-48(26-34-52)64(8,9)10;1-3-11-25-21-27(19-17-23(25)9-1)33-29-13-5-7-15-31(29)34(32-16-8-6-14-30(32)33)28-20-18-24-10-2-4-12-26(24)22-28/h19-44H,1-18H3;1-22H. The summed E-state index contributed by atoms with van der Waals surface area (Å²) in [5.41, 5.74) is 22.3. The quantitative estimate of drug-likeness (QED) is 0.0765. The lowest BCUT2D eigenvalue weighted by molar-refractivity contribution is 0.564. The molecule has 0 saturated heterocycles. The minimum Gasteiger partial charge on any atom is -0.309 e. The molecule has 0 atom stereocenters. The molecule has 14 aromatic rings. The van der Waals surface area contributed by atoms with Crippen LogP contribution in [-0.2, 0) is 32.5 Å². The fourth-order valence-corrected chi connectivity index (χ4v) is 16.6. The van der Waals surface area contributed by atoms with E-state index in [1.54, 1.807) is 0 Å². The van der Waals surface area contributed by atoms with Crippen LogP contribution in [0, 0.1) is 0 Å². The third kappa shape index (κ3) is 12.5. The van der Waals surface area contributed by atoms with Gasteiger partial charge < -0.3 is 9.80 Å². The number of benzene rings is 14. The summed E-state index contributed by atoms with van der Waals surface area (Å²) in [6.07, 6.45) is 9.79. The fourth-order valence-electron chi connectivity index (χ4n) is 16.6. The van der Waals surface area contributed by atoms with E-state index in [1.807, 2.05) is 0 Å². The molecule has 2 nitrogen and oxygen atoms in total. The molecule has 16 rings (SSSR count). The van der Waals surface area contributed by atoms with Crippen molar-refractivity contribution in [1.29, 1.82) is 0 Å². The molecule has 2 aliphatic rings. The molecular formula is C102H102N2. The first-order chi connectivity index (χ1) is 49.5. The van der Waals surface area contributed by atoms with Crippen LogP contribution in [0.25, 0.3) is 86.9 Å². The summed E-state index contributed by atoms with van der Waals surface area (Å²) in [5.74, 6) is 0.839. The van der Waals surface area contributed by atoms with Crippen molar-refractivity contribution in [3.05, 3.63) is 324 Å². The molecule has 0 aliphatic heterocycles. The minimum atomic E-state index is -0.189. The van der Waals surface area contributed by atoms with Gasteiger partial charge in [-0.05, 0) is 217 Å². The summed E-state index contributed by atoms with van der Waals surface area (Å²) >= 11 is 0. The van der Waals surface area contributed by atoms with Gasteiger partial charge in [-0.25, -0.2) is 0 Å². The van der Waals surface area contributed by atoms with Crippen LogP contribution in [0.15, 0.2) is 279 Å². The van der Waals surface area contributed by atoms with Crippen molar-refractivity contribution in [3.8, 4) is 22.3 Å². The predicted octanol–water partition coefficient (Wildman–Crippen LogP) is 29.7. The van der Waals surface area contributed by atoms with Crippen molar-refractivity contribution >= 4 is 98.8 Å². The maximum absolute atomic E-state index is 2.60. The van der Waals surface area contributed by atoms with E-state index in [2.05, 4.69) is 414 Å². The molecule has 0 spiro atoms. The van der Waals surface area contributed by atoms with E-state index in [4.69, 9.17) is 0 Å². The molecule has 14 aromatic carbocycles. The van der Waals surface area contributed by atoms with Crippen molar-refractivity contribution < 1.29 is 0 Å². The number of hydrogen-bond donors (Lipinski definition) is 0. The van der Waals surface area contributed by atoms with Crippen molar-refractivity contribution in [3.63, 3.8) is 0 Å². The number of rotatable bonds is 10. The molecule has 0 saturated carbocycles. The monoisotopic (exact) mass is 1350 g/mol. The molecule has 0 aromatic heterocycles. The van der Waals surface area contributed by atoms with Gasteiger partial charge in [0.2, 0.25) is 0 Å². The van der Waals surface area contributed by atoms with E-state index in [1.165, 1.54) is 143 Å². The number of anilines is 6. The van der Waals surface area contributed by atoms with Gasteiger partial charge in [-0.2, -0.15) is 0 Å². The van der Waals surface area contributed by atoms with Crippen molar-refractivity contribution in [2.75, 3.05) is 9.80 Å². The third-order valence-corrected chi connectivity index (χ3v) is 23.0. The van der Waals surface area contributed by atoms with E-state index < -0.39 is 0 Å². The lowest BCUT2D eigenvalue weighted by atomic mass is 9.66. The molecule has 0 heterocycles. The van der Waals surface area contributed by atoms with E-state index in [0.717, 1.165) is 22.7 Å². The first kappa shape index (κ1) is 69.4. The SMILES string of the molecule is CC(C)c1ccc(N(c2ccc(C(C)(C)C)cc2)c2c3cc4c(cc3c(N(c3ccc(C(C)C)cc3)c3ccc(C(C)(C)C)cc3)c3cc5c(cc23)C(C)(C)C=CC5(C)C)C(C)(C)C=CC4(C)C)cc1.c1ccc2cc(-c3c4ccccc4c(-c4ccc5ccccc5c4)c4ccccc34)ccc2c1.